The molecule has 2 atom stereocenters. The number of nitrogens with zero attached hydrogens (tertiary/aromatic N) is 1. The third-order valence-electron chi connectivity index (χ3n) is 3.73. The summed E-state index contributed by atoms with van der Waals surface area (Å²) >= 11 is 0. The van der Waals surface area contributed by atoms with Crippen molar-refractivity contribution in [2.75, 3.05) is 23.3 Å². The Kier molecular flexibility index (Phi) is 4.10. The van der Waals surface area contributed by atoms with E-state index in [9.17, 15) is 4.79 Å². The average molecular weight is 262 g/mol. The van der Waals surface area contributed by atoms with Gasteiger partial charge in [-0.05, 0) is 51.0 Å². The van der Waals surface area contributed by atoms with Gasteiger partial charge < -0.3 is 15.0 Å². The first-order chi connectivity index (χ1) is 9.02. The van der Waals surface area contributed by atoms with Crippen LogP contribution in [0.15, 0.2) is 12.1 Å². The monoisotopic (exact) mass is 262 g/mol. The molecule has 4 heteroatoms. The fourth-order valence-electron chi connectivity index (χ4n) is 2.74. The molecule has 1 heterocycles. The number of ether oxygens (including phenoxy) is 1. The normalized spacial score (nSPS) is 23.3. The zero-order valence-corrected chi connectivity index (χ0v) is 12.1. The van der Waals surface area contributed by atoms with Crippen molar-refractivity contribution in [3.63, 3.8) is 0 Å². The summed E-state index contributed by atoms with van der Waals surface area (Å²) in [5.41, 5.74) is 4.45. The Morgan fingerprint density at radius 2 is 1.84 bits per heavy atom. The van der Waals surface area contributed by atoms with Gasteiger partial charge in [0, 0.05) is 24.5 Å². The van der Waals surface area contributed by atoms with Crippen molar-refractivity contribution < 1.29 is 9.53 Å². The number of carbonyl (C=O) groups is 1. The second-order valence-corrected chi connectivity index (χ2v) is 5.31. The van der Waals surface area contributed by atoms with Crippen LogP contribution in [0.5, 0.6) is 0 Å². The predicted molar refractivity (Wildman–Crippen MR) is 77.8 cm³/mol. The second-order valence-electron chi connectivity index (χ2n) is 5.31. The standard InChI is InChI=1S/C15H22N2O2/c1-10-7-17(8-11(2)19-10)15-6-5-14(16-9-18)12(3)13(15)4/h5-6,9-11H,7-8H2,1-4H3,(H,16,18)/t10-,11+. The SMILES string of the molecule is Cc1c(NC=O)ccc(N2C[C@@H](C)O[C@@H](C)C2)c1C. The van der Waals surface area contributed by atoms with Crippen molar-refractivity contribution in [2.24, 2.45) is 0 Å². The first-order valence-electron chi connectivity index (χ1n) is 6.73. The molecular weight excluding hydrogens is 240 g/mol. The molecule has 1 saturated heterocycles. The van der Waals surface area contributed by atoms with Gasteiger partial charge in [0.05, 0.1) is 12.2 Å². The minimum atomic E-state index is 0.247. The number of hydrogen-bond acceptors (Lipinski definition) is 3. The maximum absolute atomic E-state index is 10.6. The summed E-state index contributed by atoms with van der Waals surface area (Å²) in [7, 11) is 0. The van der Waals surface area contributed by atoms with Crippen LogP contribution in [-0.4, -0.2) is 31.7 Å². The highest BCUT2D eigenvalue weighted by Crippen LogP contribution is 2.30. The summed E-state index contributed by atoms with van der Waals surface area (Å²) in [4.78, 5) is 12.9. The summed E-state index contributed by atoms with van der Waals surface area (Å²) in [6, 6.07) is 4.05. The summed E-state index contributed by atoms with van der Waals surface area (Å²) in [5, 5.41) is 2.74. The van der Waals surface area contributed by atoms with Crippen molar-refractivity contribution in [2.45, 2.75) is 39.9 Å². The predicted octanol–water partition coefficient (Wildman–Crippen LogP) is 2.49. The molecule has 1 aliphatic heterocycles. The van der Waals surface area contributed by atoms with E-state index in [2.05, 4.69) is 37.1 Å². The van der Waals surface area contributed by atoms with Gasteiger partial charge >= 0.3 is 0 Å². The molecule has 0 bridgehead atoms. The van der Waals surface area contributed by atoms with Crippen molar-refractivity contribution >= 4 is 17.8 Å². The number of nitrogens with one attached hydrogen (secondary N) is 1. The fourth-order valence-corrected chi connectivity index (χ4v) is 2.74. The summed E-state index contributed by atoms with van der Waals surface area (Å²) in [5.74, 6) is 0. The molecule has 104 valence electrons. The molecule has 0 saturated carbocycles. The smallest absolute Gasteiger partial charge is 0.211 e. The minimum absolute atomic E-state index is 0.247. The summed E-state index contributed by atoms with van der Waals surface area (Å²) in [6.07, 6.45) is 1.22. The average Bonchev–Trinajstić information content (AvgIpc) is 2.34. The Morgan fingerprint density at radius 3 is 2.42 bits per heavy atom. The van der Waals surface area contributed by atoms with Gasteiger partial charge in [0.1, 0.15) is 0 Å². The molecule has 2 rings (SSSR count). The van der Waals surface area contributed by atoms with Crippen LogP contribution in [0.1, 0.15) is 25.0 Å². The zero-order valence-electron chi connectivity index (χ0n) is 12.1. The van der Waals surface area contributed by atoms with E-state index in [4.69, 9.17) is 4.74 Å². The summed E-state index contributed by atoms with van der Waals surface area (Å²) < 4.78 is 5.77. The topological polar surface area (TPSA) is 41.6 Å². The van der Waals surface area contributed by atoms with E-state index in [1.807, 2.05) is 13.0 Å². The molecule has 0 aromatic heterocycles. The number of anilines is 2. The number of benzene rings is 1. The zero-order chi connectivity index (χ0) is 14.0. The molecule has 1 fully saturated rings. The molecule has 4 nitrogen and oxygen atoms in total. The molecule has 1 amide bonds. The third-order valence-corrected chi connectivity index (χ3v) is 3.73. The molecule has 1 N–H and O–H groups in total. The molecule has 0 radical (unpaired) electrons. The van der Waals surface area contributed by atoms with Crippen LogP contribution < -0.4 is 10.2 Å². The third kappa shape index (κ3) is 2.89. The van der Waals surface area contributed by atoms with Gasteiger partial charge in [0.25, 0.3) is 0 Å². The molecular formula is C15H22N2O2. The molecule has 0 unspecified atom stereocenters. The number of amides is 1. The molecule has 1 aromatic rings. The highest BCUT2D eigenvalue weighted by molar-refractivity contribution is 5.76. The van der Waals surface area contributed by atoms with Crippen molar-refractivity contribution in [3.8, 4) is 0 Å². The van der Waals surface area contributed by atoms with Gasteiger partial charge in [-0.1, -0.05) is 0 Å². The highest BCUT2D eigenvalue weighted by atomic mass is 16.5. The van der Waals surface area contributed by atoms with Crippen molar-refractivity contribution in [1.29, 1.82) is 0 Å². The Balaban J connectivity index is 2.30. The van der Waals surface area contributed by atoms with E-state index < -0.39 is 0 Å². The van der Waals surface area contributed by atoms with E-state index in [1.165, 1.54) is 11.3 Å². The van der Waals surface area contributed by atoms with Crippen LogP contribution in [-0.2, 0) is 9.53 Å². The van der Waals surface area contributed by atoms with E-state index in [0.29, 0.717) is 0 Å². The van der Waals surface area contributed by atoms with Crippen molar-refractivity contribution in [1.82, 2.24) is 0 Å². The first-order valence-corrected chi connectivity index (χ1v) is 6.73. The lowest BCUT2D eigenvalue weighted by atomic mass is 10.0. The van der Waals surface area contributed by atoms with Crippen molar-refractivity contribution in [3.05, 3.63) is 23.3 Å². The maximum Gasteiger partial charge on any atom is 0.211 e. The molecule has 19 heavy (non-hydrogen) atoms. The van der Waals surface area contributed by atoms with Gasteiger partial charge in [-0.3, -0.25) is 4.79 Å². The molecule has 1 aromatic carbocycles. The van der Waals surface area contributed by atoms with Gasteiger partial charge in [-0.25, -0.2) is 0 Å². The Bertz CT molecular complexity index is 463. The van der Waals surface area contributed by atoms with E-state index in [1.54, 1.807) is 0 Å². The number of hydrogen-bond donors (Lipinski definition) is 1. The second kappa shape index (κ2) is 5.61. The van der Waals surface area contributed by atoms with E-state index in [-0.39, 0.29) is 12.2 Å². The molecule has 0 spiro atoms. The van der Waals surface area contributed by atoms with Gasteiger partial charge in [-0.2, -0.15) is 0 Å². The lowest BCUT2D eigenvalue weighted by Gasteiger charge is -2.38. The van der Waals surface area contributed by atoms with Gasteiger partial charge in [0.15, 0.2) is 0 Å². The molecule has 1 aliphatic rings. The van der Waals surface area contributed by atoms with Gasteiger partial charge in [0.2, 0.25) is 6.41 Å². The Morgan fingerprint density at radius 1 is 1.21 bits per heavy atom. The summed E-state index contributed by atoms with van der Waals surface area (Å²) in [6.45, 7) is 10.2. The number of carbonyl (C=O) groups excluding carboxylic acids is 1. The lowest BCUT2D eigenvalue weighted by Crippen LogP contribution is -2.45. The quantitative estimate of drug-likeness (QED) is 0.851. The fraction of sp³-hybridized carbons (Fsp3) is 0.533. The largest absolute Gasteiger partial charge is 0.372 e. The molecule has 0 aliphatic carbocycles. The number of morpholine rings is 1. The van der Waals surface area contributed by atoms with Gasteiger partial charge in [-0.15, -0.1) is 0 Å². The van der Waals surface area contributed by atoms with Crippen LogP contribution >= 0.6 is 0 Å². The van der Waals surface area contributed by atoms with Crippen LogP contribution in [0, 0.1) is 13.8 Å². The van der Waals surface area contributed by atoms with Crippen LogP contribution in [0.4, 0.5) is 11.4 Å². The van der Waals surface area contributed by atoms with Crippen LogP contribution in [0.25, 0.3) is 0 Å². The Labute approximate surface area is 114 Å². The van der Waals surface area contributed by atoms with E-state index in [0.717, 1.165) is 30.8 Å². The minimum Gasteiger partial charge on any atom is -0.372 e. The van der Waals surface area contributed by atoms with Crippen LogP contribution in [0.2, 0.25) is 0 Å². The lowest BCUT2D eigenvalue weighted by molar-refractivity contribution is -0.105. The highest BCUT2D eigenvalue weighted by Gasteiger charge is 2.23. The van der Waals surface area contributed by atoms with Crippen LogP contribution in [0.3, 0.4) is 0 Å². The van der Waals surface area contributed by atoms with E-state index >= 15 is 0 Å². The first kappa shape index (κ1) is 13.9. The maximum atomic E-state index is 10.6. The number of rotatable bonds is 3. The Hall–Kier alpha value is -1.55.